The van der Waals surface area contributed by atoms with E-state index < -0.39 is 30.0 Å². The lowest BCUT2D eigenvalue weighted by Crippen LogP contribution is -2.59. The summed E-state index contributed by atoms with van der Waals surface area (Å²) in [6, 6.07) is 40.2. The average molecular weight is 559 g/mol. The zero-order valence-corrected chi connectivity index (χ0v) is 23.1. The molecule has 6 heteroatoms. The van der Waals surface area contributed by atoms with Crippen molar-refractivity contribution in [1.82, 2.24) is 0 Å². The quantitative estimate of drug-likeness (QED) is 0.167. The highest BCUT2D eigenvalue weighted by Gasteiger charge is 2.47. The Hall–Kier alpha value is -3.03. The Balaban J connectivity index is 1.36. The predicted molar refractivity (Wildman–Crippen MR) is 156 cm³/mol. The maximum absolute atomic E-state index is 6.86. The lowest BCUT2D eigenvalue weighted by Gasteiger charge is -2.44. The van der Waals surface area contributed by atoms with Crippen LogP contribution in [0.4, 0.5) is 0 Å². The van der Waals surface area contributed by atoms with Gasteiger partial charge in [0.15, 0.2) is 5.56 Å². The third-order valence-corrected chi connectivity index (χ3v) is 7.18. The van der Waals surface area contributed by atoms with E-state index in [1.807, 2.05) is 121 Å². The Morgan fingerprint density at radius 1 is 0.475 bits per heavy atom. The summed E-state index contributed by atoms with van der Waals surface area (Å²) in [6.07, 6.45) is -1.98. The first-order valence-electron chi connectivity index (χ1n) is 13.6. The molecule has 0 aliphatic carbocycles. The highest BCUT2D eigenvalue weighted by molar-refractivity contribution is 6.20. The normalized spacial score (nSPS) is 22.7. The molecule has 0 amide bonds. The van der Waals surface area contributed by atoms with Crippen LogP contribution >= 0.6 is 11.6 Å². The molecule has 1 heterocycles. The topological polar surface area (TPSA) is 46.2 Å². The lowest BCUT2D eigenvalue weighted by molar-refractivity contribution is -0.256. The standard InChI is InChI=1S/C34H35ClO5/c35-34-33(39-24-29-19-11-4-12-20-29)32(38-23-28-17-9-3-10-18-28)31(37-22-27-15-7-2-8-16-27)30(40-34)25-36-21-26-13-5-1-6-14-26/h1-20,30-34H,21-25H2/t30?,31-,32-,33?,34+/m0/s1. The summed E-state index contributed by atoms with van der Waals surface area (Å²) in [5.41, 5.74) is 3.50. The molecule has 0 aromatic heterocycles. The highest BCUT2D eigenvalue weighted by atomic mass is 35.5. The zero-order chi connectivity index (χ0) is 27.4. The Morgan fingerprint density at radius 3 is 1.30 bits per heavy atom. The molecule has 0 spiro atoms. The molecule has 4 aromatic carbocycles. The van der Waals surface area contributed by atoms with Gasteiger partial charge in [0.05, 0.1) is 33.0 Å². The molecule has 5 nitrogen and oxygen atoms in total. The van der Waals surface area contributed by atoms with Gasteiger partial charge in [-0.1, -0.05) is 133 Å². The van der Waals surface area contributed by atoms with E-state index in [-0.39, 0.29) is 0 Å². The van der Waals surface area contributed by atoms with Crippen molar-refractivity contribution >= 4 is 11.6 Å². The van der Waals surface area contributed by atoms with E-state index in [1.54, 1.807) is 0 Å². The molecule has 0 N–H and O–H groups in total. The molecule has 208 valence electrons. The molecular formula is C34H35ClO5. The van der Waals surface area contributed by atoms with E-state index in [0.717, 1.165) is 22.3 Å². The van der Waals surface area contributed by atoms with Crippen LogP contribution in [0.3, 0.4) is 0 Å². The van der Waals surface area contributed by atoms with Crippen molar-refractivity contribution in [2.24, 2.45) is 0 Å². The molecule has 5 atom stereocenters. The summed E-state index contributed by atoms with van der Waals surface area (Å²) in [4.78, 5) is 0. The van der Waals surface area contributed by atoms with Crippen molar-refractivity contribution < 1.29 is 23.7 Å². The van der Waals surface area contributed by atoms with Crippen molar-refractivity contribution in [2.45, 2.75) is 56.4 Å². The van der Waals surface area contributed by atoms with E-state index in [9.17, 15) is 0 Å². The molecule has 1 saturated heterocycles. The third kappa shape index (κ3) is 8.24. The molecule has 1 aliphatic heterocycles. The lowest BCUT2D eigenvalue weighted by atomic mass is 9.99. The van der Waals surface area contributed by atoms with Gasteiger partial charge < -0.3 is 23.7 Å². The van der Waals surface area contributed by atoms with Crippen molar-refractivity contribution in [3.63, 3.8) is 0 Å². The van der Waals surface area contributed by atoms with Gasteiger partial charge in [-0.3, -0.25) is 0 Å². The Labute approximate surface area is 241 Å². The van der Waals surface area contributed by atoms with Crippen LogP contribution in [0.2, 0.25) is 0 Å². The van der Waals surface area contributed by atoms with Crippen LogP contribution in [0.1, 0.15) is 22.3 Å². The molecule has 40 heavy (non-hydrogen) atoms. The summed E-state index contributed by atoms with van der Waals surface area (Å²) in [5.74, 6) is 0. The zero-order valence-electron chi connectivity index (χ0n) is 22.4. The highest BCUT2D eigenvalue weighted by Crippen LogP contribution is 2.32. The van der Waals surface area contributed by atoms with E-state index >= 15 is 0 Å². The van der Waals surface area contributed by atoms with Gasteiger partial charge in [0.25, 0.3) is 0 Å². The first-order chi connectivity index (χ1) is 19.8. The average Bonchev–Trinajstić information content (AvgIpc) is 3.01. The summed E-state index contributed by atoms with van der Waals surface area (Å²) < 4.78 is 31.9. The minimum Gasteiger partial charge on any atom is -0.374 e. The number of hydrogen-bond acceptors (Lipinski definition) is 5. The number of rotatable bonds is 13. The van der Waals surface area contributed by atoms with E-state index in [4.69, 9.17) is 35.3 Å². The fourth-order valence-corrected chi connectivity index (χ4v) is 5.08. The first kappa shape index (κ1) is 28.5. The van der Waals surface area contributed by atoms with E-state index in [1.165, 1.54) is 0 Å². The van der Waals surface area contributed by atoms with Crippen LogP contribution in [0, 0.1) is 0 Å². The van der Waals surface area contributed by atoms with Gasteiger partial charge in [-0.05, 0) is 22.3 Å². The van der Waals surface area contributed by atoms with Gasteiger partial charge >= 0.3 is 0 Å². The minimum absolute atomic E-state index is 0.300. The molecule has 0 saturated carbocycles. The molecule has 4 aromatic rings. The van der Waals surface area contributed by atoms with Crippen molar-refractivity contribution in [2.75, 3.05) is 6.61 Å². The van der Waals surface area contributed by atoms with Crippen molar-refractivity contribution in [1.29, 1.82) is 0 Å². The van der Waals surface area contributed by atoms with Crippen LogP contribution < -0.4 is 0 Å². The number of hydrogen-bond donors (Lipinski definition) is 0. The van der Waals surface area contributed by atoms with Gasteiger partial charge in [0, 0.05) is 0 Å². The maximum Gasteiger partial charge on any atom is 0.160 e. The fourth-order valence-electron chi connectivity index (χ4n) is 4.73. The van der Waals surface area contributed by atoms with Crippen LogP contribution in [-0.4, -0.2) is 36.6 Å². The molecule has 5 rings (SSSR count). The molecule has 0 bridgehead atoms. The summed E-state index contributed by atoms with van der Waals surface area (Å²) >= 11 is 6.86. The van der Waals surface area contributed by atoms with Gasteiger partial charge in [0.1, 0.15) is 24.4 Å². The van der Waals surface area contributed by atoms with Gasteiger partial charge in [-0.2, -0.15) is 0 Å². The van der Waals surface area contributed by atoms with Gasteiger partial charge in [-0.25, -0.2) is 0 Å². The molecule has 2 unspecified atom stereocenters. The maximum atomic E-state index is 6.86. The van der Waals surface area contributed by atoms with Crippen LogP contribution in [0.15, 0.2) is 121 Å². The summed E-state index contributed by atoms with van der Waals surface area (Å²) in [6.45, 7) is 1.93. The van der Waals surface area contributed by atoms with Crippen molar-refractivity contribution in [3.05, 3.63) is 144 Å². The number of halogens is 1. The Morgan fingerprint density at radius 2 is 0.850 bits per heavy atom. The SMILES string of the molecule is Cl[C@@H]1OC(COCc2ccccc2)[C@H](OCc2ccccc2)[C@H](OCc2ccccc2)C1OCc1ccccc1. The van der Waals surface area contributed by atoms with E-state index in [0.29, 0.717) is 33.0 Å². The monoisotopic (exact) mass is 558 g/mol. The number of benzene rings is 4. The Bertz CT molecular complexity index is 1240. The smallest absolute Gasteiger partial charge is 0.160 e. The summed E-state index contributed by atoms with van der Waals surface area (Å²) in [7, 11) is 0. The van der Waals surface area contributed by atoms with E-state index in [2.05, 4.69) is 0 Å². The van der Waals surface area contributed by atoms with Crippen LogP contribution in [0.5, 0.6) is 0 Å². The molecule has 0 radical (unpaired) electrons. The molecule has 1 aliphatic rings. The predicted octanol–water partition coefficient (Wildman–Crippen LogP) is 6.92. The fraction of sp³-hybridized carbons (Fsp3) is 0.294. The Kier molecular flexibility index (Phi) is 10.8. The van der Waals surface area contributed by atoms with Crippen molar-refractivity contribution in [3.8, 4) is 0 Å². The third-order valence-electron chi connectivity index (χ3n) is 6.83. The summed E-state index contributed by atoms with van der Waals surface area (Å²) in [5, 5.41) is 0. The number of ether oxygens (including phenoxy) is 5. The molecule has 1 fully saturated rings. The number of alkyl halides is 1. The second-order valence-electron chi connectivity index (χ2n) is 9.81. The molecular weight excluding hydrogens is 524 g/mol. The van der Waals surface area contributed by atoms with Gasteiger partial charge in [0.2, 0.25) is 0 Å². The second-order valence-corrected chi connectivity index (χ2v) is 10.2. The van der Waals surface area contributed by atoms with Gasteiger partial charge in [-0.15, -0.1) is 0 Å². The minimum atomic E-state index is -0.744. The first-order valence-corrected chi connectivity index (χ1v) is 14.1. The van der Waals surface area contributed by atoms with Crippen LogP contribution in [-0.2, 0) is 50.1 Å². The largest absolute Gasteiger partial charge is 0.374 e. The second kappa shape index (κ2) is 15.1. The van der Waals surface area contributed by atoms with Crippen LogP contribution in [0.25, 0.3) is 0 Å².